The first-order valence-corrected chi connectivity index (χ1v) is 11.4. The molecule has 6 heterocycles. The fourth-order valence-electron chi connectivity index (χ4n) is 5.18. The SMILES string of the molecule is CC1C(NC(=O)c2cc3c(C#CCN4CCN(C)CC4)coc3cn2)C2CCN1CC2. The second kappa shape index (κ2) is 8.62. The number of likely N-dealkylation sites (N-methyl/N-ethyl adjacent to an activating group) is 1. The molecule has 2 bridgehead atoms. The maximum atomic E-state index is 13.0. The van der Waals surface area contributed by atoms with E-state index in [9.17, 15) is 4.79 Å². The van der Waals surface area contributed by atoms with Crippen molar-refractivity contribution in [3.05, 3.63) is 29.8 Å². The number of nitrogens with zero attached hydrogens (tertiary/aromatic N) is 4. The van der Waals surface area contributed by atoms with Crippen molar-refractivity contribution in [2.24, 2.45) is 5.92 Å². The number of nitrogens with one attached hydrogen (secondary N) is 1. The zero-order valence-corrected chi connectivity index (χ0v) is 18.4. The summed E-state index contributed by atoms with van der Waals surface area (Å²) >= 11 is 0. The van der Waals surface area contributed by atoms with Crippen molar-refractivity contribution in [3.63, 3.8) is 0 Å². The Morgan fingerprint density at radius 3 is 2.74 bits per heavy atom. The maximum Gasteiger partial charge on any atom is 0.270 e. The highest BCUT2D eigenvalue weighted by Gasteiger charge is 2.40. The van der Waals surface area contributed by atoms with Gasteiger partial charge in [-0.2, -0.15) is 0 Å². The molecule has 4 fully saturated rings. The molecule has 2 aromatic heterocycles. The van der Waals surface area contributed by atoms with Crippen LogP contribution in [0.1, 0.15) is 35.8 Å². The third-order valence-corrected chi connectivity index (χ3v) is 7.29. The number of amides is 1. The largest absolute Gasteiger partial charge is 0.461 e. The van der Waals surface area contributed by atoms with Gasteiger partial charge in [-0.15, -0.1) is 0 Å². The van der Waals surface area contributed by atoms with Crippen molar-refractivity contribution in [3.8, 4) is 11.8 Å². The van der Waals surface area contributed by atoms with E-state index in [-0.39, 0.29) is 11.9 Å². The number of pyridine rings is 1. The first-order chi connectivity index (χ1) is 15.1. The molecule has 4 aliphatic rings. The van der Waals surface area contributed by atoms with Crippen LogP contribution < -0.4 is 5.32 Å². The first-order valence-electron chi connectivity index (χ1n) is 11.4. The Morgan fingerprint density at radius 2 is 2.00 bits per heavy atom. The fourth-order valence-corrected chi connectivity index (χ4v) is 5.18. The number of rotatable bonds is 3. The van der Waals surface area contributed by atoms with Crippen molar-refractivity contribution in [1.82, 2.24) is 25.0 Å². The van der Waals surface area contributed by atoms with Gasteiger partial charge in [-0.3, -0.25) is 14.6 Å². The number of carbonyl (C=O) groups excluding carboxylic acids is 1. The van der Waals surface area contributed by atoms with Crippen LogP contribution >= 0.6 is 0 Å². The zero-order chi connectivity index (χ0) is 21.4. The number of hydrogen-bond acceptors (Lipinski definition) is 6. The summed E-state index contributed by atoms with van der Waals surface area (Å²) in [4.78, 5) is 24.5. The van der Waals surface area contributed by atoms with Gasteiger partial charge in [0.1, 0.15) is 12.0 Å². The molecule has 7 nitrogen and oxygen atoms in total. The lowest BCUT2D eigenvalue weighted by Crippen LogP contribution is -2.62. The van der Waals surface area contributed by atoms with Crippen LogP contribution in [0.4, 0.5) is 0 Å². The van der Waals surface area contributed by atoms with Crippen LogP contribution in [-0.2, 0) is 0 Å². The van der Waals surface area contributed by atoms with E-state index in [2.05, 4.69) is 50.8 Å². The second-order valence-electron chi connectivity index (χ2n) is 9.21. The Bertz CT molecular complexity index is 1000. The number of aromatic nitrogens is 1. The minimum atomic E-state index is -0.106. The molecule has 2 unspecified atom stereocenters. The number of fused-ring (bicyclic) bond motifs is 4. The zero-order valence-electron chi connectivity index (χ0n) is 18.4. The summed E-state index contributed by atoms with van der Waals surface area (Å²) in [6.07, 6.45) is 5.63. The second-order valence-corrected chi connectivity index (χ2v) is 9.21. The Labute approximate surface area is 183 Å². The molecule has 164 valence electrons. The Morgan fingerprint density at radius 1 is 1.23 bits per heavy atom. The average molecular weight is 422 g/mol. The van der Waals surface area contributed by atoms with E-state index in [1.807, 2.05) is 6.07 Å². The smallest absolute Gasteiger partial charge is 0.270 e. The molecule has 4 saturated heterocycles. The molecule has 2 aromatic rings. The van der Waals surface area contributed by atoms with E-state index in [1.54, 1.807) is 12.5 Å². The topological polar surface area (TPSA) is 64.9 Å². The highest BCUT2D eigenvalue weighted by atomic mass is 16.3. The van der Waals surface area contributed by atoms with Crippen LogP contribution in [-0.4, -0.2) is 90.5 Å². The molecule has 0 radical (unpaired) electrons. The van der Waals surface area contributed by atoms with Gasteiger partial charge in [0.25, 0.3) is 5.91 Å². The molecule has 1 amide bonds. The Balaban J connectivity index is 1.29. The molecule has 0 saturated carbocycles. The van der Waals surface area contributed by atoms with Crippen molar-refractivity contribution < 1.29 is 9.21 Å². The molecule has 1 N–H and O–H groups in total. The summed E-state index contributed by atoms with van der Waals surface area (Å²) < 4.78 is 5.62. The van der Waals surface area contributed by atoms with E-state index in [4.69, 9.17) is 4.42 Å². The van der Waals surface area contributed by atoms with E-state index >= 15 is 0 Å². The van der Waals surface area contributed by atoms with Crippen molar-refractivity contribution in [2.45, 2.75) is 31.8 Å². The van der Waals surface area contributed by atoms with E-state index in [1.165, 1.54) is 0 Å². The van der Waals surface area contributed by atoms with Gasteiger partial charge in [-0.05, 0) is 51.9 Å². The fraction of sp³-hybridized carbons (Fsp3) is 0.583. The summed E-state index contributed by atoms with van der Waals surface area (Å²) in [6.45, 7) is 9.51. The van der Waals surface area contributed by atoms with Gasteiger partial charge in [-0.25, -0.2) is 4.98 Å². The third kappa shape index (κ3) is 4.20. The standard InChI is InChI=1S/C24H31N5O2/c1-17-23(18-5-8-29(17)9-6-18)26-24(30)21-14-20-19(16-31-22(20)15-25-21)4-3-7-28-12-10-27(2)11-13-28/h14-18,23H,5-13H2,1-2H3,(H,26,30). The van der Waals surface area contributed by atoms with Crippen LogP contribution in [0.25, 0.3) is 11.0 Å². The number of carbonyl (C=O) groups is 1. The Kier molecular flexibility index (Phi) is 5.70. The van der Waals surface area contributed by atoms with Crippen LogP contribution in [0, 0.1) is 17.8 Å². The molecule has 0 spiro atoms. The predicted octanol–water partition coefficient (Wildman–Crippen LogP) is 1.64. The molecule has 31 heavy (non-hydrogen) atoms. The summed E-state index contributed by atoms with van der Waals surface area (Å²) in [7, 11) is 2.15. The Hall–Kier alpha value is -2.40. The normalized spacial score (nSPS) is 29.0. The number of piperazine rings is 1. The van der Waals surface area contributed by atoms with Gasteiger partial charge < -0.3 is 14.6 Å². The monoisotopic (exact) mass is 421 g/mol. The molecule has 0 aliphatic carbocycles. The minimum Gasteiger partial charge on any atom is -0.461 e. The minimum absolute atomic E-state index is 0.106. The van der Waals surface area contributed by atoms with Crippen molar-refractivity contribution in [1.29, 1.82) is 0 Å². The van der Waals surface area contributed by atoms with E-state index in [0.717, 1.165) is 69.6 Å². The highest BCUT2D eigenvalue weighted by molar-refractivity contribution is 5.97. The summed E-state index contributed by atoms with van der Waals surface area (Å²) in [5.41, 5.74) is 1.91. The van der Waals surface area contributed by atoms with Crippen LogP contribution in [0.15, 0.2) is 22.9 Å². The number of piperidine rings is 3. The summed E-state index contributed by atoms with van der Waals surface area (Å²) in [5.74, 6) is 6.97. The first kappa shape index (κ1) is 20.5. The highest BCUT2D eigenvalue weighted by Crippen LogP contribution is 2.32. The van der Waals surface area contributed by atoms with Crippen LogP contribution in [0.3, 0.4) is 0 Å². The van der Waals surface area contributed by atoms with Gasteiger partial charge in [-0.1, -0.05) is 11.8 Å². The quantitative estimate of drug-likeness (QED) is 0.761. The van der Waals surface area contributed by atoms with Crippen LogP contribution in [0.5, 0.6) is 0 Å². The molecular weight excluding hydrogens is 390 g/mol. The van der Waals surface area contributed by atoms with Gasteiger partial charge in [0, 0.05) is 43.6 Å². The number of furan rings is 1. The lowest BCUT2D eigenvalue weighted by Gasteiger charge is -2.49. The van der Waals surface area contributed by atoms with E-state index in [0.29, 0.717) is 23.2 Å². The molecule has 7 heteroatoms. The third-order valence-electron chi connectivity index (χ3n) is 7.29. The van der Waals surface area contributed by atoms with E-state index < -0.39 is 0 Å². The van der Waals surface area contributed by atoms with Crippen molar-refractivity contribution in [2.75, 3.05) is 52.9 Å². The number of hydrogen-bond donors (Lipinski definition) is 1. The summed E-state index contributed by atoms with van der Waals surface area (Å²) in [5, 5.41) is 4.12. The van der Waals surface area contributed by atoms with Crippen LogP contribution in [0.2, 0.25) is 0 Å². The molecule has 0 aromatic carbocycles. The van der Waals surface area contributed by atoms with Gasteiger partial charge in [0.2, 0.25) is 0 Å². The molecule has 4 aliphatic heterocycles. The van der Waals surface area contributed by atoms with Gasteiger partial charge >= 0.3 is 0 Å². The maximum absolute atomic E-state index is 13.0. The van der Waals surface area contributed by atoms with Gasteiger partial charge in [0.15, 0.2) is 5.58 Å². The lowest BCUT2D eigenvalue weighted by molar-refractivity contribution is 0.0216. The molecule has 2 atom stereocenters. The van der Waals surface area contributed by atoms with Gasteiger partial charge in [0.05, 0.1) is 18.3 Å². The average Bonchev–Trinajstić information content (AvgIpc) is 3.20. The predicted molar refractivity (Wildman–Crippen MR) is 120 cm³/mol. The summed E-state index contributed by atoms with van der Waals surface area (Å²) in [6, 6.07) is 2.39. The van der Waals surface area contributed by atoms with Crippen molar-refractivity contribution >= 4 is 16.9 Å². The lowest BCUT2D eigenvalue weighted by atomic mass is 9.79. The molecule has 6 rings (SSSR count). The molecular formula is C24H31N5O2.